The van der Waals surface area contributed by atoms with Gasteiger partial charge in [0.25, 0.3) is 0 Å². The molecule has 0 aliphatic rings. The Morgan fingerprint density at radius 2 is 1.83 bits per heavy atom. The maximum Gasteiger partial charge on any atom is 0.235 e. The lowest BCUT2D eigenvalue weighted by atomic mass is 9.92. The van der Waals surface area contributed by atoms with Crippen molar-refractivity contribution in [3.05, 3.63) is 64.7 Å². The van der Waals surface area contributed by atoms with Gasteiger partial charge in [0.15, 0.2) is 5.78 Å². The predicted octanol–water partition coefficient (Wildman–Crippen LogP) is 5.28. The van der Waals surface area contributed by atoms with Gasteiger partial charge in [-0.05, 0) is 31.0 Å². The van der Waals surface area contributed by atoms with Gasteiger partial charge in [-0.15, -0.1) is 0 Å². The lowest BCUT2D eigenvalue weighted by Gasteiger charge is -2.16. The van der Waals surface area contributed by atoms with Crippen LogP contribution in [0.2, 0.25) is 5.02 Å². The summed E-state index contributed by atoms with van der Waals surface area (Å²) in [4.78, 5) is 25.4. The minimum Gasteiger partial charge on any atom is -0.324 e. The van der Waals surface area contributed by atoms with E-state index in [-0.39, 0.29) is 11.7 Å². The number of anilines is 1. The zero-order valence-electron chi connectivity index (χ0n) is 14.0. The van der Waals surface area contributed by atoms with Crippen molar-refractivity contribution in [1.29, 1.82) is 0 Å². The highest BCUT2D eigenvalue weighted by atomic mass is 35.5. The number of ketones is 1. The zero-order chi connectivity index (χ0) is 17.5. The fourth-order valence-electron chi connectivity index (χ4n) is 2.55. The highest BCUT2D eigenvalue weighted by molar-refractivity contribution is 6.34. The fourth-order valence-corrected chi connectivity index (χ4v) is 2.71. The zero-order valence-corrected chi connectivity index (χ0v) is 14.8. The van der Waals surface area contributed by atoms with Crippen LogP contribution in [-0.2, 0) is 4.79 Å². The van der Waals surface area contributed by atoms with E-state index in [1.807, 2.05) is 32.0 Å². The van der Waals surface area contributed by atoms with Gasteiger partial charge in [0.2, 0.25) is 5.91 Å². The van der Waals surface area contributed by atoms with E-state index in [2.05, 4.69) is 5.32 Å². The first kappa shape index (κ1) is 18.2. The number of unbranched alkanes of at least 4 members (excludes halogenated alkanes) is 1. The van der Waals surface area contributed by atoms with Crippen molar-refractivity contribution in [2.75, 3.05) is 5.32 Å². The average Bonchev–Trinajstić information content (AvgIpc) is 2.59. The topological polar surface area (TPSA) is 46.2 Å². The van der Waals surface area contributed by atoms with Gasteiger partial charge in [-0.25, -0.2) is 0 Å². The van der Waals surface area contributed by atoms with Crippen molar-refractivity contribution < 1.29 is 9.59 Å². The van der Waals surface area contributed by atoms with Crippen LogP contribution in [0.4, 0.5) is 5.69 Å². The molecule has 1 unspecified atom stereocenters. The van der Waals surface area contributed by atoms with E-state index in [1.54, 1.807) is 30.3 Å². The van der Waals surface area contributed by atoms with Crippen LogP contribution in [0, 0.1) is 12.8 Å². The first-order chi connectivity index (χ1) is 11.5. The Hall–Kier alpha value is -2.13. The maximum absolute atomic E-state index is 12.7. The largest absolute Gasteiger partial charge is 0.324 e. The number of hydrogen-bond acceptors (Lipinski definition) is 2. The van der Waals surface area contributed by atoms with Gasteiger partial charge in [0.1, 0.15) is 5.92 Å². The van der Waals surface area contributed by atoms with E-state index >= 15 is 0 Å². The van der Waals surface area contributed by atoms with Gasteiger partial charge >= 0.3 is 0 Å². The summed E-state index contributed by atoms with van der Waals surface area (Å²) in [6.45, 7) is 3.97. The third-order valence-corrected chi connectivity index (χ3v) is 4.25. The molecule has 0 aliphatic carbocycles. The third-order valence-electron chi connectivity index (χ3n) is 3.92. The van der Waals surface area contributed by atoms with Gasteiger partial charge in [-0.1, -0.05) is 67.8 Å². The lowest BCUT2D eigenvalue weighted by Crippen LogP contribution is -2.30. The van der Waals surface area contributed by atoms with E-state index in [0.29, 0.717) is 22.7 Å². The number of rotatable bonds is 7. The second-order valence-electron chi connectivity index (χ2n) is 5.90. The molecule has 0 saturated heterocycles. The van der Waals surface area contributed by atoms with Crippen LogP contribution in [0.25, 0.3) is 0 Å². The average molecular weight is 344 g/mol. The summed E-state index contributed by atoms with van der Waals surface area (Å²) >= 11 is 6.15. The van der Waals surface area contributed by atoms with E-state index in [1.165, 1.54) is 0 Å². The summed E-state index contributed by atoms with van der Waals surface area (Å²) in [6, 6.07) is 14.4. The van der Waals surface area contributed by atoms with Gasteiger partial charge in [0.05, 0.1) is 10.7 Å². The molecule has 126 valence electrons. The Labute approximate surface area is 148 Å². The molecule has 2 aromatic rings. The molecule has 3 nitrogen and oxygen atoms in total. The monoisotopic (exact) mass is 343 g/mol. The summed E-state index contributed by atoms with van der Waals surface area (Å²) in [5, 5.41) is 3.29. The van der Waals surface area contributed by atoms with Crippen LogP contribution in [0.5, 0.6) is 0 Å². The molecular formula is C20H22ClNO2. The molecule has 24 heavy (non-hydrogen) atoms. The minimum atomic E-state index is -0.705. The summed E-state index contributed by atoms with van der Waals surface area (Å²) in [6.07, 6.45) is 2.27. The molecule has 1 amide bonds. The number of aryl methyl sites for hydroxylation is 1. The van der Waals surface area contributed by atoms with Crippen LogP contribution in [0.1, 0.15) is 42.1 Å². The number of carbonyl (C=O) groups is 2. The van der Waals surface area contributed by atoms with Crippen molar-refractivity contribution in [3.8, 4) is 0 Å². The molecule has 2 aromatic carbocycles. The van der Waals surface area contributed by atoms with Crippen molar-refractivity contribution in [2.24, 2.45) is 5.92 Å². The second-order valence-corrected chi connectivity index (χ2v) is 6.30. The molecule has 0 bridgehead atoms. The summed E-state index contributed by atoms with van der Waals surface area (Å²) in [5.74, 6) is -1.15. The van der Waals surface area contributed by atoms with Crippen LogP contribution >= 0.6 is 11.6 Å². The molecule has 4 heteroatoms. The standard InChI is InChI=1S/C20H22ClNO2/c1-3-4-10-16(19(23)15-8-6-5-7-9-15)20(24)22-18-13-14(2)11-12-17(18)21/h5-9,11-13,16H,3-4,10H2,1-2H3,(H,22,24). The Bertz CT molecular complexity index is 713. The van der Waals surface area contributed by atoms with Gasteiger partial charge in [-0.3, -0.25) is 9.59 Å². The smallest absolute Gasteiger partial charge is 0.235 e. The Morgan fingerprint density at radius 3 is 2.50 bits per heavy atom. The van der Waals surface area contributed by atoms with Crippen LogP contribution in [-0.4, -0.2) is 11.7 Å². The molecule has 2 rings (SSSR count). The molecule has 1 atom stereocenters. The van der Waals surface area contributed by atoms with E-state index < -0.39 is 5.92 Å². The Balaban J connectivity index is 2.22. The number of hydrogen-bond donors (Lipinski definition) is 1. The molecule has 0 saturated carbocycles. The molecule has 0 radical (unpaired) electrons. The third kappa shape index (κ3) is 4.68. The Morgan fingerprint density at radius 1 is 1.12 bits per heavy atom. The lowest BCUT2D eigenvalue weighted by molar-refractivity contribution is -0.118. The highest BCUT2D eigenvalue weighted by Crippen LogP contribution is 2.25. The molecular weight excluding hydrogens is 322 g/mol. The van der Waals surface area contributed by atoms with Crippen LogP contribution < -0.4 is 5.32 Å². The maximum atomic E-state index is 12.7. The molecule has 0 spiro atoms. The van der Waals surface area contributed by atoms with Crippen LogP contribution in [0.3, 0.4) is 0 Å². The fraction of sp³-hybridized carbons (Fsp3) is 0.300. The predicted molar refractivity (Wildman–Crippen MR) is 98.6 cm³/mol. The molecule has 0 fully saturated rings. The van der Waals surface area contributed by atoms with E-state index in [4.69, 9.17) is 11.6 Å². The number of carbonyl (C=O) groups excluding carboxylic acids is 2. The highest BCUT2D eigenvalue weighted by Gasteiger charge is 2.27. The second kappa shape index (κ2) is 8.65. The molecule has 0 heterocycles. The summed E-state index contributed by atoms with van der Waals surface area (Å²) in [7, 11) is 0. The van der Waals surface area contributed by atoms with Gasteiger partial charge in [-0.2, -0.15) is 0 Å². The molecule has 0 aliphatic heterocycles. The Kier molecular flexibility index (Phi) is 6.56. The number of benzene rings is 2. The van der Waals surface area contributed by atoms with Crippen molar-refractivity contribution in [3.63, 3.8) is 0 Å². The minimum absolute atomic E-state index is 0.148. The van der Waals surface area contributed by atoms with Crippen molar-refractivity contribution >= 4 is 29.0 Å². The SMILES string of the molecule is CCCCC(C(=O)Nc1cc(C)ccc1Cl)C(=O)c1ccccc1. The first-order valence-corrected chi connectivity index (χ1v) is 8.57. The normalized spacial score (nSPS) is 11.8. The van der Waals surface area contributed by atoms with E-state index in [9.17, 15) is 9.59 Å². The quantitative estimate of drug-likeness (QED) is 0.549. The summed E-state index contributed by atoms with van der Waals surface area (Å²) < 4.78 is 0. The molecule has 0 aromatic heterocycles. The number of halogens is 1. The van der Waals surface area contributed by atoms with E-state index in [0.717, 1.165) is 18.4 Å². The van der Waals surface area contributed by atoms with Crippen LogP contribution in [0.15, 0.2) is 48.5 Å². The van der Waals surface area contributed by atoms with Gasteiger partial charge < -0.3 is 5.32 Å². The number of Topliss-reactive ketones (excluding diaryl/α,β-unsaturated/α-hetero) is 1. The summed E-state index contributed by atoms with van der Waals surface area (Å²) in [5.41, 5.74) is 2.10. The first-order valence-electron chi connectivity index (χ1n) is 8.19. The number of nitrogens with one attached hydrogen (secondary N) is 1. The number of amides is 1. The van der Waals surface area contributed by atoms with Crippen molar-refractivity contribution in [1.82, 2.24) is 0 Å². The van der Waals surface area contributed by atoms with Gasteiger partial charge in [0, 0.05) is 5.56 Å². The molecule has 1 N–H and O–H groups in total. The van der Waals surface area contributed by atoms with Crippen molar-refractivity contribution in [2.45, 2.75) is 33.1 Å².